The van der Waals surface area contributed by atoms with E-state index in [0.29, 0.717) is 12.0 Å². The lowest BCUT2D eigenvalue weighted by molar-refractivity contribution is -0.150. The zero-order chi connectivity index (χ0) is 20.3. The maximum absolute atomic E-state index is 13.5. The van der Waals surface area contributed by atoms with Gasteiger partial charge >= 0.3 is 12.1 Å². The van der Waals surface area contributed by atoms with E-state index in [4.69, 9.17) is 9.47 Å². The fourth-order valence-corrected chi connectivity index (χ4v) is 4.13. The van der Waals surface area contributed by atoms with E-state index in [1.807, 2.05) is 30.3 Å². The molecule has 0 saturated heterocycles. The van der Waals surface area contributed by atoms with Gasteiger partial charge in [-0.25, -0.2) is 14.0 Å². The molecule has 1 aliphatic carbocycles. The molecule has 0 spiro atoms. The van der Waals surface area contributed by atoms with Crippen molar-refractivity contribution in [3.05, 3.63) is 83.2 Å². The van der Waals surface area contributed by atoms with E-state index in [9.17, 15) is 14.0 Å². The van der Waals surface area contributed by atoms with E-state index in [0.717, 1.165) is 30.4 Å². The Kier molecular flexibility index (Phi) is 5.34. The van der Waals surface area contributed by atoms with Crippen LogP contribution in [0.25, 0.3) is 0 Å². The maximum atomic E-state index is 13.5. The summed E-state index contributed by atoms with van der Waals surface area (Å²) in [7, 11) is 0. The number of fused-ring (bicyclic) bond motifs is 1. The first-order chi connectivity index (χ1) is 14.1. The molecule has 1 amide bonds. The van der Waals surface area contributed by atoms with Gasteiger partial charge in [0.25, 0.3) is 0 Å². The van der Waals surface area contributed by atoms with Crippen LogP contribution in [0.4, 0.5) is 9.18 Å². The van der Waals surface area contributed by atoms with Crippen LogP contribution >= 0.6 is 0 Å². The van der Waals surface area contributed by atoms with Crippen molar-refractivity contribution < 1.29 is 23.5 Å². The topological polar surface area (TPSA) is 64.6 Å². The predicted octanol–water partition coefficient (Wildman–Crippen LogP) is 4.59. The second-order valence-corrected chi connectivity index (χ2v) is 7.38. The highest BCUT2D eigenvalue weighted by Crippen LogP contribution is 2.48. The van der Waals surface area contributed by atoms with Crippen LogP contribution in [0.5, 0.6) is 0 Å². The Balaban J connectivity index is 1.59. The van der Waals surface area contributed by atoms with Crippen LogP contribution in [0.1, 0.15) is 42.9 Å². The molecule has 150 valence electrons. The number of halogens is 1. The first-order valence-corrected chi connectivity index (χ1v) is 9.73. The zero-order valence-electron chi connectivity index (χ0n) is 15.9. The van der Waals surface area contributed by atoms with Crippen molar-refractivity contribution in [2.75, 3.05) is 0 Å². The first-order valence-electron chi connectivity index (χ1n) is 9.73. The van der Waals surface area contributed by atoms with E-state index < -0.39 is 23.7 Å². The molecule has 0 bridgehead atoms. The highest BCUT2D eigenvalue weighted by atomic mass is 19.1. The number of esters is 1. The number of hydrogen-bond acceptors (Lipinski definition) is 4. The Morgan fingerprint density at radius 3 is 2.66 bits per heavy atom. The smallest absolute Gasteiger partial charge is 0.408 e. The molecule has 1 N–H and O–H groups in total. The van der Waals surface area contributed by atoms with Crippen LogP contribution in [0.3, 0.4) is 0 Å². The standard InChI is InChI=1S/C23H22FNO4/c24-19-11-9-17(10-12-19)21(23-13-5-4-8-18(23)14-20(26)29-23)25-22(27)28-15-16-6-2-1-3-7-16/h1-3,6-7,9-12,14,21H,4-5,8,13,15H2,(H,25,27)/t21-,23?/m0/s1. The second kappa shape index (κ2) is 8.07. The minimum atomic E-state index is -0.959. The van der Waals surface area contributed by atoms with Crippen LogP contribution in [0.2, 0.25) is 0 Å². The van der Waals surface area contributed by atoms with Gasteiger partial charge in [0.1, 0.15) is 18.5 Å². The van der Waals surface area contributed by atoms with Crippen molar-refractivity contribution in [3.8, 4) is 0 Å². The monoisotopic (exact) mass is 395 g/mol. The Hall–Kier alpha value is -3.15. The molecule has 1 unspecified atom stereocenters. The van der Waals surface area contributed by atoms with E-state index in [2.05, 4.69) is 5.32 Å². The summed E-state index contributed by atoms with van der Waals surface area (Å²) in [5.74, 6) is -0.784. The van der Waals surface area contributed by atoms with E-state index in [1.165, 1.54) is 18.2 Å². The van der Waals surface area contributed by atoms with Crippen molar-refractivity contribution in [1.82, 2.24) is 5.32 Å². The molecule has 1 saturated carbocycles. The van der Waals surface area contributed by atoms with Gasteiger partial charge in [0, 0.05) is 6.08 Å². The van der Waals surface area contributed by atoms with Crippen LogP contribution in [0.15, 0.2) is 66.2 Å². The fraction of sp³-hybridized carbons (Fsp3) is 0.304. The average Bonchev–Trinajstić information content (AvgIpc) is 3.08. The molecule has 1 aliphatic heterocycles. The van der Waals surface area contributed by atoms with Gasteiger partial charge in [-0.05, 0) is 54.5 Å². The van der Waals surface area contributed by atoms with Gasteiger partial charge in [0.15, 0.2) is 5.60 Å². The van der Waals surface area contributed by atoms with Crippen molar-refractivity contribution in [2.24, 2.45) is 0 Å². The average molecular weight is 395 g/mol. The summed E-state index contributed by atoms with van der Waals surface area (Å²) >= 11 is 0. The summed E-state index contributed by atoms with van der Waals surface area (Å²) in [5, 5.41) is 2.87. The van der Waals surface area contributed by atoms with Gasteiger partial charge in [0.05, 0.1) is 0 Å². The molecule has 4 rings (SSSR count). The second-order valence-electron chi connectivity index (χ2n) is 7.38. The third-order valence-corrected chi connectivity index (χ3v) is 5.51. The Labute approximate surface area is 168 Å². The summed E-state index contributed by atoms with van der Waals surface area (Å²) in [6, 6.07) is 14.6. The summed E-state index contributed by atoms with van der Waals surface area (Å²) in [4.78, 5) is 24.7. The number of hydrogen-bond donors (Lipinski definition) is 1. The quantitative estimate of drug-likeness (QED) is 0.752. The molecule has 5 nitrogen and oxygen atoms in total. The molecule has 2 aromatic carbocycles. The summed E-state index contributed by atoms with van der Waals surface area (Å²) in [6.45, 7) is 0.123. The predicted molar refractivity (Wildman–Crippen MR) is 104 cm³/mol. The molecule has 1 fully saturated rings. The van der Waals surface area contributed by atoms with Crippen LogP contribution in [-0.2, 0) is 20.9 Å². The summed E-state index contributed by atoms with van der Waals surface area (Å²) in [5.41, 5.74) is 1.43. The van der Waals surface area contributed by atoms with Crippen LogP contribution in [0, 0.1) is 5.82 Å². The van der Waals surface area contributed by atoms with Crippen molar-refractivity contribution >= 4 is 12.1 Å². The molecule has 0 radical (unpaired) electrons. The number of carbonyl (C=O) groups excluding carboxylic acids is 2. The van der Waals surface area contributed by atoms with Gasteiger partial charge in [-0.15, -0.1) is 0 Å². The van der Waals surface area contributed by atoms with Gasteiger partial charge in [0.2, 0.25) is 0 Å². The third-order valence-electron chi connectivity index (χ3n) is 5.51. The maximum Gasteiger partial charge on any atom is 0.408 e. The molecule has 0 aromatic heterocycles. The molecule has 2 atom stereocenters. The normalized spacial score (nSPS) is 21.6. The number of rotatable bonds is 5. The van der Waals surface area contributed by atoms with E-state index >= 15 is 0 Å². The molecule has 29 heavy (non-hydrogen) atoms. The van der Waals surface area contributed by atoms with E-state index in [-0.39, 0.29) is 12.4 Å². The lowest BCUT2D eigenvalue weighted by Crippen LogP contribution is -2.49. The number of nitrogens with one attached hydrogen (secondary N) is 1. The number of benzene rings is 2. The lowest BCUT2D eigenvalue weighted by atomic mass is 9.74. The van der Waals surface area contributed by atoms with Crippen LogP contribution < -0.4 is 5.32 Å². The van der Waals surface area contributed by atoms with E-state index in [1.54, 1.807) is 12.1 Å². The Morgan fingerprint density at radius 2 is 1.90 bits per heavy atom. The number of ether oxygens (including phenoxy) is 2. The van der Waals surface area contributed by atoms with Gasteiger partial charge in [-0.1, -0.05) is 42.5 Å². The highest BCUT2D eigenvalue weighted by Gasteiger charge is 2.51. The van der Waals surface area contributed by atoms with Gasteiger partial charge < -0.3 is 14.8 Å². The number of amides is 1. The first kappa shape index (κ1) is 19.2. The minimum absolute atomic E-state index is 0.123. The van der Waals surface area contributed by atoms with Crippen molar-refractivity contribution in [1.29, 1.82) is 0 Å². The van der Waals surface area contributed by atoms with Crippen molar-refractivity contribution in [3.63, 3.8) is 0 Å². The summed E-state index contributed by atoms with van der Waals surface area (Å²) < 4.78 is 24.6. The number of carbonyl (C=O) groups is 2. The molecule has 1 heterocycles. The summed E-state index contributed by atoms with van der Waals surface area (Å²) in [6.07, 6.45) is 4.04. The highest BCUT2D eigenvalue weighted by molar-refractivity contribution is 5.87. The van der Waals surface area contributed by atoms with Gasteiger partial charge in [-0.2, -0.15) is 0 Å². The Morgan fingerprint density at radius 1 is 1.14 bits per heavy atom. The largest absolute Gasteiger partial charge is 0.449 e. The molecule has 6 heteroatoms. The van der Waals surface area contributed by atoms with Gasteiger partial charge in [-0.3, -0.25) is 0 Å². The zero-order valence-corrected chi connectivity index (χ0v) is 15.9. The SMILES string of the molecule is O=C1C=C2CCCCC2([C@@H](NC(=O)OCc2ccccc2)c2ccc(F)cc2)O1. The van der Waals surface area contributed by atoms with Crippen LogP contribution in [-0.4, -0.2) is 17.7 Å². The molecule has 2 aliphatic rings. The Bertz CT molecular complexity index is 926. The van der Waals surface area contributed by atoms with Crippen molar-refractivity contribution in [2.45, 2.75) is 43.9 Å². The molecule has 2 aromatic rings. The molecular weight excluding hydrogens is 373 g/mol. The lowest BCUT2D eigenvalue weighted by Gasteiger charge is -2.41. The number of alkyl carbamates (subject to hydrolysis) is 1. The minimum Gasteiger partial charge on any atom is -0.449 e. The third kappa shape index (κ3) is 4.01. The fourth-order valence-electron chi connectivity index (χ4n) is 4.13. The molecular formula is C23H22FNO4.